The van der Waals surface area contributed by atoms with Crippen LogP contribution in [0, 0.1) is 12.7 Å². The van der Waals surface area contributed by atoms with Crippen LogP contribution < -0.4 is 10.1 Å². The molecule has 5 rings (SSSR count). The van der Waals surface area contributed by atoms with Crippen LogP contribution in [0.3, 0.4) is 0 Å². The number of nitrogens with one attached hydrogen (secondary N) is 1. The summed E-state index contributed by atoms with van der Waals surface area (Å²) in [6, 6.07) is 14.2. The molecule has 0 aliphatic carbocycles. The average molecular weight is 498 g/mol. The van der Waals surface area contributed by atoms with Crippen LogP contribution >= 0.6 is 0 Å². The highest BCUT2D eigenvalue weighted by molar-refractivity contribution is 6.04. The van der Waals surface area contributed by atoms with Gasteiger partial charge in [-0.05, 0) is 49.4 Å². The number of amidine groups is 1. The van der Waals surface area contributed by atoms with Crippen molar-refractivity contribution in [2.45, 2.75) is 13.1 Å². The topological polar surface area (TPSA) is 57.2 Å². The number of hydrogen-bond donors (Lipinski definition) is 1. The normalized spacial score (nSPS) is 15.3. The van der Waals surface area contributed by atoms with Crippen LogP contribution in [0.1, 0.15) is 16.7 Å². The van der Waals surface area contributed by atoms with Crippen molar-refractivity contribution >= 4 is 23.2 Å². The van der Waals surface area contributed by atoms with E-state index < -0.39 is 23.6 Å². The molecule has 36 heavy (non-hydrogen) atoms. The van der Waals surface area contributed by atoms with Gasteiger partial charge in [0.25, 0.3) is 0 Å². The van der Waals surface area contributed by atoms with E-state index in [2.05, 4.69) is 10.3 Å². The predicted molar refractivity (Wildman–Crippen MR) is 127 cm³/mol. The molecule has 0 radical (unpaired) electrons. The van der Waals surface area contributed by atoms with Crippen molar-refractivity contribution in [1.29, 1.82) is 0 Å². The van der Waals surface area contributed by atoms with E-state index in [1.807, 2.05) is 24.0 Å². The zero-order chi connectivity index (χ0) is 25.4. The van der Waals surface area contributed by atoms with E-state index in [4.69, 9.17) is 4.74 Å². The van der Waals surface area contributed by atoms with Crippen molar-refractivity contribution in [1.82, 2.24) is 9.80 Å². The van der Waals surface area contributed by atoms with Gasteiger partial charge in [0.1, 0.15) is 23.1 Å². The van der Waals surface area contributed by atoms with E-state index in [-0.39, 0.29) is 17.1 Å². The Hall–Kier alpha value is -4.08. The molecule has 0 saturated carbocycles. The summed E-state index contributed by atoms with van der Waals surface area (Å²) in [6.07, 6.45) is -4.52. The Balaban J connectivity index is 1.42. The first-order chi connectivity index (χ1) is 17.2. The molecular formula is C26H22F4N4O2. The molecule has 2 aliphatic heterocycles. The van der Waals surface area contributed by atoms with Gasteiger partial charge in [-0.15, -0.1) is 0 Å². The van der Waals surface area contributed by atoms with E-state index in [0.29, 0.717) is 43.3 Å². The SMILES string of the molecule is Cc1ccc2c(c1)C(N1CCN(C(=O)Nc3ccccc3F)CC1)=Nc1cc(C(F)(F)F)ccc1O2. The number of nitrogens with zero attached hydrogens (tertiary/aromatic N) is 3. The molecule has 6 nitrogen and oxygen atoms in total. The standard InChI is InChI=1S/C26H22F4N4O2/c1-16-6-8-22-18(14-16)24(31-21-15-17(26(28,29)30)7-9-23(21)36-22)33-10-12-34(13-11-33)25(35)32-20-5-3-2-4-19(20)27/h2-9,14-15H,10-13H2,1H3,(H,32,35). The summed E-state index contributed by atoms with van der Waals surface area (Å²) in [7, 11) is 0. The van der Waals surface area contributed by atoms with Crippen molar-refractivity contribution in [3.8, 4) is 11.5 Å². The van der Waals surface area contributed by atoms with Gasteiger partial charge in [-0.25, -0.2) is 14.2 Å². The number of alkyl halides is 3. The van der Waals surface area contributed by atoms with Gasteiger partial charge in [0, 0.05) is 26.2 Å². The molecule has 1 fully saturated rings. The highest BCUT2D eigenvalue weighted by Gasteiger charge is 2.33. The van der Waals surface area contributed by atoms with Gasteiger partial charge in [-0.2, -0.15) is 13.2 Å². The van der Waals surface area contributed by atoms with Crippen molar-refractivity contribution in [2.24, 2.45) is 4.99 Å². The molecule has 2 aliphatic rings. The zero-order valence-corrected chi connectivity index (χ0v) is 19.3. The average Bonchev–Trinajstić information content (AvgIpc) is 3.01. The summed E-state index contributed by atoms with van der Waals surface area (Å²) in [5, 5.41) is 2.58. The van der Waals surface area contributed by atoms with Crippen LogP contribution in [0.15, 0.2) is 65.7 Å². The number of aliphatic imine (C=N–C) groups is 1. The Morgan fingerprint density at radius 2 is 1.69 bits per heavy atom. The van der Waals surface area contributed by atoms with E-state index in [1.165, 1.54) is 24.3 Å². The van der Waals surface area contributed by atoms with Crippen LogP contribution in [0.4, 0.5) is 33.7 Å². The Morgan fingerprint density at radius 1 is 0.972 bits per heavy atom. The Kier molecular flexibility index (Phi) is 6.03. The number of amides is 2. The summed E-state index contributed by atoms with van der Waals surface area (Å²) in [6.45, 7) is 3.30. The summed E-state index contributed by atoms with van der Waals surface area (Å²) < 4.78 is 60.0. The van der Waals surface area contributed by atoms with Crippen LogP contribution in [-0.2, 0) is 6.18 Å². The van der Waals surface area contributed by atoms with Crippen molar-refractivity contribution in [3.63, 3.8) is 0 Å². The minimum absolute atomic E-state index is 0.0772. The quantitative estimate of drug-likeness (QED) is 0.408. The van der Waals surface area contributed by atoms with Crippen molar-refractivity contribution in [3.05, 3.63) is 83.2 Å². The third-order valence-corrected chi connectivity index (χ3v) is 6.09. The second-order valence-corrected chi connectivity index (χ2v) is 8.60. The molecule has 0 atom stereocenters. The maximum absolute atomic E-state index is 13.9. The Morgan fingerprint density at radius 3 is 2.42 bits per heavy atom. The molecule has 1 N–H and O–H groups in total. The number of ether oxygens (including phenoxy) is 1. The van der Waals surface area contributed by atoms with E-state index in [9.17, 15) is 22.4 Å². The van der Waals surface area contributed by atoms with Gasteiger partial charge in [-0.1, -0.05) is 23.8 Å². The summed E-state index contributed by atoms with van der Waals surface area (Å²) in [5.74, 6) is 0.658. The monoisotopic (exact) mass is 498 g/mol. The molecule has 186 valence electrons. The summed E-state index contributed by atoms with van der Waals surface area (Å²) in [5.41, 5.74) is 0.953. The first-order valence-electron chi connectivity index (χ1n) is 11.3. The van der Waals surface area contributed by atoms with E-state index in [0.717, 1.165) is 17.7 Å². The number of fused-ring (bicyclic) bond motifs is 2. The van der Waals surface area contributed by atoms with Gasteiger partial charge < -0.3 is 19.9 Å². The number of halogens is 4. The van der Waals surface area contributed by atoms with Gasteiger partial charge >= 0.3 is 12.2 Å². The number of piperazine rings is 1. The predicted octanol–water partition coefficient (Wildman–Crippen LogP) is 6.19. The van der Waals surface area contributed by atoms with E-state index >= 15 is 0 Å². The largest absolute Gasteiger partial charge is 0.454 e. The molecule has 3 aromatic rings. The fraction of sp³-hybridized carbons (Fsp3) is 0.231. The minimum Gasteiger partial charge on any atom is -0.454 e. The lowest BCUT2D eigenvalue weighted by Crippen LogP contribution is -2.51. The van der Waals surface area contributed by atoms with Gasteiger partial charge in [-0.3, -0.25) is 0 Å². The summed E-state index contributed by atoms with van der Waals surface area (Å²) >= 11 is 0. The molecule has 3 aromatic carbocycles. The fourth-order valence-electron chi connectivity index (χ4n) is 4.19. The highest BCUT2D eigenvalue weighted by Crippen LogP contribution is 2.42. The lowest BCUT2D eigenvalue weighted by molar-refractivity contribution is -0.137. The molecule has 1 saturated heterocycles. The Bertz CT molecular complexity index is 1350. The minimum atomic E-state index is -4.52. The van der Waals surface area contributed by atoms with E-state index in [1.54, 1.807) is 17.0 Å². The number of benzene rings is 3. The lowest BCUT2D eigenvalue weighted by atomic mass is 10.1. The Labute approximate surface area is 204 Å². The van der Waals surface area contributed by atoms with Gasteiger partial charge in [0.2, 0.25) is 0 Å². The molecule has 0 aromatic heterocycles. The molecule has 2 heterocycles. The number of carbonyl (C=O) groups excluding carboxylic acids is 1. The maximum atomic E-state index is 13.9. The molecular weight excluding hydrogens is 476 g/mol. The number of para-hydroxylation sites is 1. The number of aryl methyl sites for hydroxylation is 1. The number of hydrogen-bond acceptors (Lipinski definition) is 4. The van der Waals surface area contributed by atoms with Gasteiger partial charge in [0.05, 0.1) is 16.8 Å². The smallest absolute Gasteiger partial charge is 0.416 e. The zero-order valence-electron chi connectivity index (χ0n) is 19.3. The third kappa shape index (κ3) is 4.71. The first-order valence-corrected chi connectivity index (χ1v) is 11.3. The molecule has 0 bridgehead atoms. The second-order valence-electron chi connectivity index (χ2n) is 8.60. The molecule has 10 heteroatoms. The lowest BCUT2D eigenvalue weighted by Gasteiger charge is -2.36. The number of carbonyl (C=O) groups is 1. The number of anilines is 1. The van der Waals surface area contributed by atoms with Gasteiger partial charge in [0.15, 0.2) is 5.75 Å². The van der Waals surface area contributed by atoms with Crippen molar-refractivity contribution < 1.29 is 27.1 Å². The number of urea groups is 1. The third-order valence-electron chi connectivity index (χ3n) is 6.09. The molecule has 0 unspecified atom stereocenters. The van der Waals surface area contributed by atoms with Crippen LogP contribution in [0.2, 0.25) is 0 Å². The first kappa shape index (κ1) is 23.7. The van der Waals surface area contributed by atoms with Crippen LogP contribution in [-0.4, -0.2) is 47.8 Å². The maximum Gasteiger partial charge on any atom is 0.416 e. The van der Waals surface area contributed by atoms with Crippen molar-refractivity contribution in [2.75, 3.05) is 31.5 Å². The molecule has 2 amide bonds. The number of rotatable bonds is 1. The fourth-order valence-corrected chi connectivity index (χ4v) is 4.19. The van der Waals surface area contributed by atoms with Crippen LogP contribution in [0.5, 0.6) is 11.5 Å². The summed E-state index contributed by atoms with van der Waals surface area (Å²) in [4.78, 5) is 20.8. The second kappa shape index (κ2) is 9.18. The highest BCUT2D eigenvalue weighted by atomic mass is 19.4. The molecule has 0 spiro atoms. The van der Waals surface area contributed by atoms with Crippen LogP contribution in [0.25, 0.3) is 0 Å².